The molecule has 7 nitrogen and oxygen atoms in total. The number of hydrogen-bond acceptors (Lipinski definition) is 5. The molecule has 1 heterocycles. The summed E-state index contributed by atoms with van der Waals surface area (Å²) in [5.41, 5.74) is 5.99. The van der Waals surface area contributed by atoms with Crippen LogP contribution in [0.5, 0.6) is 0 Å². The molecule has 0 spiro atoms. The number of aromatic nitrogens is 3. The standard InChI is InChI=1S/C11H13N5O2S2/c1-16-7-13-10(15-16)6-14-20(17,18)9-4-2-3-8(5-9)11(12)19/h2-5,7,14H,6H2,1H3,(H2,12,19). The molecule has 2 rings (SSSR count). The van der Waals surface area contributed by atoms with Gasteiger partial charge >= 0.3 is 0 Å². The van der Waals surface area contributed by atoms with E-state index in [1.165, 1.54) is 23.1 Å². The van der Waals surface area contributed by atoms with Gasteiger partial charge in [-0.25, -0.2) is 18.1 Å². The zero-order chi connectivity index (χ0) is 14.8. The molecule has 0 radical (unpaired) electrons. The molecule has 0 aliphatic rings. The smallest absolute Gasteiger partial charge is 0.240 e. The average molecular weight is 311 g/mol. The average Bonchev–Trinajstić information content (AvgIpc) is 2.82. The Kier molecular flexibility index (Phi) is 4.12. The summed E-state index contributed by atoms with van der Waals surface area (Å²) < 4.78 is 28.2. The zero-order valence-corrected chi connectivity index (χ0v) is 12.3. The third kappa shape index (κ3) is 3.38. The lowest BCUT2D eigenvalue weighted by Gasteiger charge is -2.06. The van der Waals surface area contributed by atoms with Crippen molar-refractivity contribution in [3.8, 4) is 0 Å². The highest BCUT2D eigenvalue weighted by Gasteiger charge is 2.15. The summed E-state index contributed by atoms with van der Waals surface area (Å²) in [5, 5.41) is 3.99. The lowest BCUT2D eigenvalue weighted by molar-refractivity contribution is 0.578. The van der Waals surface area contributed by atoms with E-state index in [9.17, 15) is 8.42 Å². The van der Waals surface area contributed by atoms with Crippen molar-refractivity contribution in [2.24, 2.45) is 12.8 Å². The van der Waals surface area contributed by atoms with Gasteiger partial charge in [0.25, 0.3) is 0 Å². The summed E-state index contributed by atoms with van der Waals surface area (Å²) in [5.74, 6) is 0.390. The van der Waals surface area contributed by atoms with Gasteiger partial charge in [0, 0.05) is 12.6 Å². The predicted octanol–water partition coefficient (Wildman–Crippen LogP) is -0.0722. The minimum absolute atomic E-state index is 0.0144. The molecule has 0 unspecified atom stereocenters. The Labute approximate surface area is 121 Å². The molecule has 2 aromatic rings. The van der Waals surface area contributed by atoms with Gasteiger partial charge in [0.2, 0.25) is 10.0 Å². The Hall–Kier alpha value is -1.84. The Balaban J connectivity index is 2.17. The second-order valence-electron chi connectivity index (χ2n) is 4.05. The molecule has 0 aliphatic heterocycles. The summed E-state index contributed by atoms with van der Waals surface area (Å²) in [6.45, 7) is 0.0144. The first-order valence-corrected chi connectivity index (χ1v) is 7.52. The number of thiocarbonyl (C=S) groups is 1. The molecular formula is C11H13N5O2S2. The van der Waals surface area contributed by atoms with Gasteiger partial charge in [0.1, 0.15) is 11.3 Å². The van der Waals surface area contributed by atoms with E-state index in [-0.39, 0.29) is 16.4 Å². The van der Waals surface area contributed by atoms with Crippen LogP contribution in [0, 0.1) is 0 Å². The molecule has 0 amide bonds. The molecular weight excluding hydrogens is 298 g/mol. The molecule has 20 heavy (non-hydrogen) atoms. The minimum atomic E-state index is -3.66. The lowest BCUT2D eigenvalue weighted by Crippen LogP contribution is -2.24. The first-order chi connectivity index (χ1) is 9.38. The summed E-state index contributed by atoms with van der Waals surface area (Å²) in [6, 6.07) is 6.14. The molecule has 1 aromatic heterocycles. The lowest BCUT2D eigenvalue weighted by atomic mass is 10.2. The number of nitrogens with two attached hydrogens (primary N) is 1. The number of nitrogens with one attached hydrogen (secondary N) is 1. The summed E-state index contributed by atoms with van der Waals surface area (Å²) >= 11 is 4.83. The van der Waals surface area contributed by atoms with Crippen LogP contribution in [0.2, 0.25) is 0 Å². The van der Waals surface area contributed by atoms with Crippen LogP contribution in [0.1, 0.15) is 11.4 Å². The zero-order valence-electron chi connectivity index (χ0n) is 10.6. The highest BCUT2D eigenvalue weighted by atomic mass is 32.2. The van der Waals surface area contributed by atoms with Gasteiger partial charge in [-0.15, -0.1) is 0 Å². The van der Waals surface area contributed by atoms with Gasteiger partial charge in [-0.2, -0.15) is 5.10 Å². The molecule has 0 saturated carbocycles. The van der Waals surface area contributed by atoms with Crippen molar-refractivity contribution in [3.63, 3.8) is 0 Å². The van der Waals surface area contributed by atoms with E-state index in [1.54, 1.807) is 19.2 Å². The Morgan fingerprint density at radius 1 is 1.50 bits per heavy atom. The van der Waals surface area contributed by atoms with Gasteiger partial charge in [-0.05, 0) is 12.1 Å². The summed E-state index contributed by atoms with van der Waals surface area (Å²) in [4.78, 5) is 4.19. The number of aryl methyl sites for hydroxylation is 1. The van der Waals surface area contributed by atoms with Crippen LogP contribution in [-0.4, -0.2) is 28.2 Å². The van der Waals surface area contributed by atoms with Crippen LogP contribution >= 0.6 is 12.2 Å². The molecule has 0 atom stereocenters. The Morgan fingerprint density at radius 3 is 2.85 bits per heavy atom. The van der Waals surface area contributed by atoms with E-state index >= 15 is 0 Å². The molecule has 0 fully saturated rings. The number of rotatable bonds is 5. The highest BCUT2D eigenvalue weighted by molar-refractivity contribution is 7.89. The van der Waals surface area contributed by atoms with E-state index in [2.05, 4.69) is 14.8 Å². The highest BCUT2D eigenvalue weighted by Crippen LogP contribution is 2.11. The molecule has 106 valence electrons. The Bertz CT molecular complexity index is 739. The summed E-state index contributed by atoms with van der Waals surface area (Å²) in [6.07, 6.45) is 1.50. The molecule has 0 saturated heterocycles. The van der Waals surface area contributed by atoms with Gasteiger partial charge < -0.3 is 5.73 Å². The topological polar surface area (TPSA) is 103 Å². The van der Waals surface area contributed by atoms with E-state index in [4.69, 9.17) is 18.0 Å². The number of nitrogens with zero attached hydrogens (tertiary/aromatic N) is 3. The summed E-state index contributed by atoms with van der Waals surface area (Å²) in [7, 11) is -1.95. The normalized spacial score (nSPS) is 11.4. The van der Waals surface area contributed by atoms with Gasteiger partial charge in [0.05, 0.1) is 11.4 Å². The van der Waals surface area contributed by atoms with Crippen molar-refractivity contribution in [1.82, 2.24) is 19.5 Å². The maximum Gasteiger partial charge on any atom is 0.240 e. The molecule has 9 heteroatoms. The van der Waals surface area contributed by atoms with Crippen LogP contribution in [0.3, 0.4) is 0 Å². The SMILES string of the molecule is Cn1cnc(CNS(=O)(=O)c2cccc(C(N)=S)c2)n1. The van der Waals surface area contributed by atoms with E-state index in [0.29, 0.717) is 11.4 Å². The van der Waals surface area contributed by atoms with Crippen LogP contribution in [-0.2, 0) is 23.6 Å². The van der Waals surface area contributed by atoms with E-state index in [0.717, 1.165) is 0 Å². The van der Waals surface area contributed by atoms with Crippen LogP contribution in [0.15, 0.2) is 35.5 Å². The monoisotopic (exact) mass is 311 g/mol. The van der Waals surface area contributed by atoms with Crippen molar-refractivity contribution in [2.75, 3.05) is 0 Å². The van der Waals surface area contributed by atoms with Crippen LogP contribution < -0.4 is 10.5 Å². The first-order valence-electron chi connectivity index (χ1n) is 5.62. The minimum Gasteiger partial charge on any atom is -0.389 e. The fourth-order valence-corrected chi connectivity index (χ4v) is 2.68. The fraction of sp³-hybridized carbons (Fsp3) is 0.182. The maximum atomic E-state index is 12.1. The molecule has 1 aromatic carbocycles. The van der Waals surface area contributed by atoms with Gasteiger partial charge in [0.15, 0.2) is 5.82 Å². The third-order valence-electron chi connectivity index (χ3n) is 2.50. The second-order valence-corrected chi connectivity index (χ2v) is 6.26. The van der Waals surface area contributed by atoms with Crippen molar-refractivity contribution < 1.29 is 8.42 Å². The first kappa shape index (κ1) is 14.6. The van der Waals surface area contributed by atoms with Crippen molar-refractivity contribution in [3.05, 3.63) is 42.0 Å². The molecule has 0 bridgehead atoms. The van der Waals surface area contributed by atoms with Crippen molar-refractivity contribution >= 4 is 27.2 Å². The number of benzene rings is 1. The maximum absolute atomic E-state index is 12.1. The van der Waals surface area contributed by atoms with E-state index in [1.807, 2.05) is 0 Å². The third-order valence-corrected chi connectivity index (χ3v) is 4.13. The van der Waals surface area contributed by atoms with Crippen LogP contribution in [0.25, 0.3) is 0 Å². The van der Waals surface area contributed by atoms with Gasteiger partial charge in [-0.3, -0.25) is 4.68 Å². The van der Waals surface area contributed by atoms with E-state index < -0.39 is 10.0 Å². The van der Waals surface area contributed by atoms with Gasteiger partial charge in [-0.1, -0.05) is 24.4 Å². The fourth-order valence-electron chi connectivity index (χ4n) is 1.52. The number of sulfonamides is 1. The molecule has 3 N–H and O–H groups in total. The quantitative estimate of drug-likeness (QED) is 0.749. The van der Waals surface area contributed by atoms with Crippen molar-refractivity contribution in [1.29, 1.82) is 0 Å². The number of hydrogen-bond donors (Lipinski definition) is 2. The molecule has 0 aliphatic carbocycles. The predicted molar refractivity (Wildman–Crippen MR) is 77.4 cm³/mol. The Morgan fingerprint density at radius 2 is 2.25 bits per heavy atom. The van der Waals surface area contributed by atoms with Crippen LogP contribution in [0.4, 0.5) is 0 Å². The largest absolute Gasteiger partial charge is 0.389 e. The van der Waals surface area contributed by atoms with Crippen molar-refractivity contribution in [2.45, 2.75) is 11.4 Å². The second kappa shape index (κ2) is 5.65.